The van der Waals surface area contributed by atoms with E-state index in [0.717, 1.165) is 12.0 Å². The number of carbonyl (C=O) groups excluding carboxylic acids is 1. The second-order valence-electron chi connectivity index (χ2n) is 6.22. The van der Waals surface area contributed by atoms with Gasteiger partial charge in [-0.25, -0.2) is 0 Å². The second-order valence-corrected chi connectivity index (χ2v) is 6.22. The number of carbonyl (C=O) groups is 1. The summed E-state index contributed by atoms with van der Waals surface area (Å²) in [5.74, 6) is 0.706. The maximum absolute atomic E-state index is 12.6. The molecule has 2 rings (SSSR count). The Morgan fingerprint density at radius 1 is 1.10 bits per heavy atom. The monoisotopic (exact) mass is 420 g/mol. The Bertz CT molecular complexity index is 832. The van der Waals surface area contributed by atoms with Crippen LogP contribution in [0.25, 0.3) is 0 Å². The van der Waals surface area contributed by atoms with Gasteiger partial charge in [0.15, 0.2) is 5.96 Å². The third-order valence-electron chi connectivity index (χ3n) is 4.15. The predicted octanol–water partition coefficient (Wildman–Crippen LogP) is 2.32. The number of benzene rings is 2. The number of methoxy groups -OCH3 is 1. The number of alkyl halides is 2. The molecule has 0 bridgehead atoms. The van der Waals surface area contributed by atoms with Gasteiger partial charge in [0.2, 0.25) is 5.91 Å². The smallest absolute Gasteiger partial charge is 0.387 e. The number of rotatable bonds is 10. The molecular weight excluding hydrogens is 394 g/mol. The highest BCUT2D eigenvalue weighted by molar-refractivity contribution is 5.86. The summed E-state index contributed by atoms with van der Waals surface area (Å²) in [6.45, 7) is -2.25. The van der Waals surface area contributed by atoms with Crippen LogP contribution in [0.15, 0.2) is 53.5 Å². The van der Waals surface area contributed by atoms with Gasteiger partial charge in [0.1, 0.15) is 11.5 Å². The molecule has 0 fully saturated rings. The van der Waals surface area contributed by atoms with E-state index >= 15 is 0 Å². The zero-order valence-electron chi connectivity index (χ0n) is 17.0. The molecule has 0 saturated carbocycles. The third-order valence-corrected chi connectivity index (χ3v) is 4.15. The Balaban J connectivity index is 1.81. The fraction of sp³-hybridized carbons (Fsp3) is 0.333. The lowest BCUT2D eigenvalue weighted by Crippen LogP contribution is -2.43. The van der Waals surface area contributed by atoms with Crippen LogP contribution in [0.4, 0.5) is 8.78 Å². The quantitative estimate of drug-likeness (QED) is 0.406. The minimum Gasteiger partial charge on any atom is -0.497 e. The van der Waals surface area contributed by atoms with Gasteiger partial charge in [-0.1, -0.05) is 30.3 Å². The van der Waals surface area contributed by atoms with Crippen molar-refractivity contribution < 1.29 is 23.0 Å². The molecule has 0 aliphatic carbocycles. The van der Waals surface area contributed by atoms with Gasteiger partial charge in [-0.05, 0) is 30.2 Å². The topological polar surface area (TPSA) is 84.0 Å². The molecule has 2 aromatic carbocycles. The Kier molecular flexibility index (Phi) is 9.36. The summed E-state index contributed by atoms with van der Waals surface area (Å²) in [4.78, 5) is 16.0. The molecule has 0 aliphatic rings. The molecule has 0 unspecified atom stereocenters. The number of nitrogens with zero attached hydrogens (tertiary/aromatic N) is 1. The van der Waals surface area contributed by atoms with E-state index in [9.17, 15) is 13.6 Å². The first-order valence-electron chi connectivity index (χ1n) is 9.38. The van der Waals surface area contributed by atoms with Gasteiger partial charge in [0.25, 0.3) is 0 Å². The maximum atomic E-state index is 12.6. The first-order chi connectivity index (χ1) is 14.5. The zero-order valence-corrected chi connectivity index (χ0v) is 17.0. The van der Waals surface area contributed by atoms with E-state index in [1.807, 2.05) is 30.3 Å². The predicted molar refractivity (Wildman–Crippen MR) is 111 cm³/mol. The minimum atomic E-state index is -2.94. The molecule has 0 radical (unpaired) electrons. The maximum Gasteiger partial charge on any atom is 0.387 e. The molecule has 162 valence electrons. The molecule has 2 aromatic rings. The van der Waals surface area contributed by atoms with Gasteiger partial charge >= 0.3 is 6.61 Å². The van der Waals surface area contributed by atoms with Crippen molar-refractivity contribution in [3.8, 4) is 11.5 Å². The number of guanidine groups is 1. The highest BCUT2D eigenvalue weighted by Gasteiger charge is 2.12. The van der Waals surface area contributed by atoms with Crippen LogP contribution in [0.5, 0.6) is 11.5 Å². The van der Waals surface area contributed by atoms with Crippen LogP contribution in [0.2, 0.25) is 0 Å². The largest absolute Gasteiger partial charge is 0.497 e. The van der Waals surface area contributed by atoms with Crippen molar-refractivity contribution in [1.29, 1.82) is 0 Å². The Morgan fingerprint density at radius 3 is 2.53 bits per heavy atom. The SMILES string of the molecule is CN=C(NCC(=O)NCCc1ccccc1)NCc1cc(OC)ccc1OC(F)F. The lowest BCUT2D eigenvalue weighted by atomic mass is 10.1. The molecule has 9 heteroatoms. The number of aliphatic imine (C=N–C) groups is 1. The average Bonchev–Trinajstić information content (AvgIpc) is 2.75. The van der Waals surface area contributed by atoms with Crippen LogP contribution >= 0.6 is 0 Å². The molecule has 0 saturated heterocycles. The molecule has 7 nitrogen and oxygen atoms in total. The van der Waals surface area contributed by atoms with Gasteiger partial charge in [0, 0.05) is 25.7 Å². The highest BCUT2D eigenvalue weighted by atomic mass is 19.3. The van der Waals surface area contributed by atoms with E-state index in [0.29, 0.717) is 23.8 Å². The first-order valence-corrected chi connectivity index (χ1v) is 9.38. The average molecular weight is 420 g/mol. The number of hydrogen-bond acceptors (Lipinski definition) is 4. The van der Waals surface area contributed by atoms with E-state index in [-0.39, 0.29) is 24.7 Å². The van der Waals surface area contributed by atoms with E-state index in [1.165, 1.54) is 19.2 Å². The van der Waals surface area contributed by atoms with Crippen LogP contribution in [0.3, 0.4) is 0 Å². The molecule has 0 aliphatic heterocycles. The summed E-state index contributed by atoms with van der Waals surface area (Å²) >= 11 is 0. The number of halogens is 2. The number of amides is 1. The molecule has 0 atom stereocenters. The fourth-order valence-corrected chi connectivity index (χ4v) is 2.65. The first kappa shape index (κ1) is 22.9. The van der Waals surface area contributed by atoms with Crippen molar-refractivity contribution in [3.05, 3.63) is 59.7 Å². The van der Waals surface area contributed by atoms with Gasteiger partial charge < -0.3 is 25.4 Å². The minimum absolute atomic E-state index is 0.0208. The summed E-state index contributed by atoms with van der Waals surface area (Å²) in [6, 6.07) is 14.4. The zero-order chi connectivity index (χ0) is 21.8. The number of hydrogen-bond donors (Lipinski definition) is 3. The van der Waals surface area contributed by atoms with Crippen molar-refractivity contribution in [1.82, 2.24) is 16.0 Å². The molecule has 0 aromatic heterocycles. The third kappa shape index (κ3) is 7.94. The Hall–Kier alpha value is -3.36. The molecule has 3 N–H and O–H groups in total. The fourth-order valence-electron chi connectivity index (χ4n) is 2.65. The van der Waals surface area contributed by atoms with Crippen LogP contribution < -0.4 is 25.4 Å². The highest BCUT2D eigenvalue weighted by Crippen LogP contribution is 2.25. The van der Waals surface area contributed by atoms with Gasteiger partial charge in [-0.2, -0.15) is 8.78 Å². The van der Waals surface area contributed by atoms with Crippen molar-refractivity contribution in [2.45, 2.75) is 19.6 Å². The van der Waals surface area contributed by atoms with Crippen LogP contribution in [0.1, 0.15) is 11.1 Å². The van der Waals surface area contributed by atoms with E-state index in [2.05, 4.69) is 25.7 Å². The van der Waals surface area contributed by atoms with Gasteiger partial charge in [-0.15, -0.1) is 0 Å². The standard InChI is InChI=1S/C21H26F2N4O3/c1-24-21(27-14-19(28)25-11-10-15-6-4-3-5-7-15)26-13-16-12-17(29-2)8-9-18(16)30-20(22)23/h3-9,12,20H,10-11,13-14H2,1-2H3,(H,25,28)(H2,24,26,27). The second kappa shape index (κ2) is 12.3. The summed E-state index contributed by atoms with van der Waals surface area (Å²) in [5.41, 5.74) is 1.60. The lowest BCUT2D eigenvalue weighted by molar-refractivity contribution is -0.119. The van der Waals surface area contributed by atoms with Crippen LogP contribution in [-0.4, -0.2) is 45.7 Å². The van der Waals surface area contributed by atoms with Gasteiger partial charge in [-0.3, -0.25) is 9.79 Å². The molecular formula is C21H26F2N4O3. The van der Waals surface area contributed by atoms with Crippen molar-refractivity contribution in [2.75, 3.05) is 27.2 Å². The Morgan fingerprint density at radius 2 is 1.87 bits per heavy atom. The van der Waals surface area contributed by atoms with E-state index in [4.69, 9.17) is 4.74 Å². The van der Waals surface area contributed by atoms with Crippen molar-refractivity contribution in [2.24, 2.45) is 4.99 Å². The number of nitrogens with one attached hydrogen (secondary N) is 3. The summed E-state index contributed by atoms with van der Waals surface area (Å²) in [5, 5.41) is 8.68. The van der Waals surface area contributed by atoms with E-state index < -0.39 is 6.61 Å². The normalized spacial score (nSPS) is 11.2. The van der Waals surface area contributed by atoms with Crippen LogP contribution in [0, 0.1) is 0 Å². The molecule has 30 heavy (non-hydrogen) atoms. The summed E-state index contributed by atoms with van der Waals surface area (Å²) in [7, 11) is 3.03. The van der Waals surface area contributed by atoms with Crippen molar-refractivity contribution >= 4 is 11.9 Å². The van der Waals surface area contributed by atoms with Crippen LogP contribution in [-0.2, 0) is 17.8 Å². The van der Waals surface area contributed by atoms with Crippen molar-refractivity contribution in [3.63, 3.8) is 0 Å². The number of ether oxygens (including phenoxy) is 2. The van der Waals surface area contributed by atoms with Gasteiger partial charge in [0.05, 0.1) is 13.7 Å². The molecule has 0 spiro atoms. The molecule has 1 amide bonds. The van der Waals surface area contributed by atoms with E-state index in [1.54, 1.807) is 13.1 Å². The molecule has 0 heterocycles. The lowest BCUT2D eigenvalue weighted by Gasteiger charge is -2.15. The summed E-state index contributed by atoms with van der Waals surface area (Å²) < 4.78 is 34.9. The Labute approximate surface area is 174 Å². The summed E-state index contributed by atoms with van der Waals surface area (Å²) in [6.07, 6.45) is 0.738.